The summed E-state index contributed by atoms with van der Waals surface area (Å²) in [6, 6.07) is 9.11. The lowest BCUT2D eigenvalue weighted by Crippen LogP contribution is -2.31. The van der Waals surface area contributed by atoms with Crippen molar-refractivity contribution in [3.05, 3.63) is 48.6 Å². The van der Waals surface area contributed by atoms with Gasteiger partial charge in [-0.3, -0.25) is 19.9 Å². The van der Waals surface area contributed by atoms with Crippen LogP contribution in [0.5, 0.6) is 0 Å². The highest BCUT2D eigenvalue weighted by Crippen LogP contribution is 2.23. The molecule has 0 aliphatic rings. The Morgan fingerprint density at radius 3 is 2.75 bits per heavy atom. The molecule has 2 aromatic heterocycles. The van der Waals surface area contributed by atoms with Gasteiger partial charge >= 0.3 is 0 Å². The van der Waals surface area contributed by atoms with Crippen LogP contribution in [-0.4, -0.2) is 33.8 Å². The summed E-state index contributed by atoms with van der Waals surface area (Å²) in [7, 11) is 0. The highest BCUT2D eigenvalue weighted by atomic mass is 16.5. The number of unbranched alkanes of at least 4 members (excludes halogenated alkanes) is 4. The summed E-state index contributed by atoms with van der Waals surface area (Å²) in [5, 5.41) is 16.4. The monoisotopic (exact) mass is 384 g/mol. The van der Waals surface area contributed by atoms with Gasteiger partial charge in [0.05, 0.1) is 18.0 Å². The van der Waals surface area contributed by atoms with Gasteiger partial charge in [-0.25, -0.2) is 5.48 Å². The van der Waals surface area contributed by atoms with Crippen LogP contribution in [0.25, 0.3) is 10.9 Å². The van der Waals surface area contributed by atoms with Crippen molar-refractivity contribution in [2.75, 3.05) is 11.4 Å². The number of anilines is 1. The molecular weight excluding hydrogens is 360 g/mol. The van der Waals surface area contributed by atoms with Crippen molar-refractivity contribution in [3.8, 4) is 0 Å². The van der Waals surface area contributed by atoms with Crippen molar-refractivity contribution in [2.45, 2.75) is 38.5 Å². The van der Waals surface area contributed by atoms with E-state index >= 15 is 0 Å². The van der Waals surface area contributed by atoms with Crippen LogP contribution in [-0.2, 0) is 4.79 Å². The minimum atomic E-state index is -0.357. The normalized spacial score (nSPS) is 10.9. The maximum absolute atomic E-state index is 12.9. The Kier molecular flexibility index (Phi) is 6.80. The van der Waals surface area contributed by atoms with Crippen LogP contribution in [0.1, 0.15) is 49.1 Å². The fraction of sp³-hybridized carbons (Fsp3) is 0.350. The lowest BCUT2D eigenvalue weighted by Gasteiger charge is -2.22. The number of amides is 2. The van der Waals surface area contributed by atoms with Crippen molar-refractivity contribution in [3.63, 3.8) is 0 Å². The Hall–Kier alpha value is -3.13. The third-order valence-corrected chi connectivity index (χ3v) is 4.62. The second-order valence-electron chi connectivity index (χ2n) is 6.63. The zero-order valence-corrected chi connectivity index (χ0v) is 15.6. The molecule has 8 nitrogen and oxygen atoms in total. The number of nitrogens with one attached hydrogen (secondary N) is 2. The fourth-order valence-corrected chi connectivity index (χ4v) is 3.12. The van der Waals surface area contributed by atoms with E-state index in [2.05, 4.69) is 10.2 Å². The van der Waals surface area contributed by atoms with Gasteiger partial charge in [0.2, 0.25) is 5.91 Å². The largest absolute Gasteiger partial charge is 0.459 e. The Bertz CT molecular complexity index is 904. The molecule has 3 aromatic rings. The first kappa shape index (κ1) is 19.6. The molecule has 0 saturated heterocycles. The van der Waals surface area contributed by atoms with Gasteiger partial charge in [-0.2, -0.15) is 5.10 Å². The predicted octanol–water partition coefficient (Wildman–Crippen LogP) is 3.65. The minimum absolute atomic E-state index is 0.174. The summed E-state index contributed by atoms with van der Waals surface area (Å²) in [5.74, 6) is -0.223. The van der Waals surface area contributed by atoms with E-state index in [1.807, 2.05) is 18.2 Å². The summed E-state index contributed by atoms with van der Waals surface area (Å²) in [5.41, 5.74) is 3.36. The van der Waals surface area contributed by atoms with E-state index in [4.69, 9.17) is 9.62 Å². The lowest BCUT2D eigenvalue weighted by atomic mass is 10.1. The molecule has 8 heteroatoms. The number of furan rings is 1. The summed E-state index contributed by atoms with van der Waals surface area (Å²) in [6.45, 7) is 0.569. The molecular formula is C20H24N4O4. The number of carbonyl (C=O) groups excluding carboxylic acids is 2. The van der Waals surface area contributed by atoms with Gasteiger partial charge in [-0.1, -0.05) is 19.3 Å². The highest BCUT2D eigenvalue weighted by Gasteiger charge is 2.20. The SMILES string of the molecule is O=C(CCCCCCCN(C(=O)c1ccco1)c1ccc2[nH]ncc2c1)NO. The number of aromatic nitrogens is 2. The van der Waals surface area contributed by atoms with Gasteiger partial charge in [-0.15, -0.1) is 0 Å². The molecule has 148 valence electrons. The molecule has 0 unspecified atom stereocenters. The first-order chi connectivity index (χ1) is 13.7. The molecule has 0 spiro atoms. The number of aromatic amines is 1. The van der Waals surface area contributed by atoms with Gasteiger partial charge in [-0.05, 0) is 43.2 Å². The van der Waals surface area contributed by atoms with E-state index in [0.29, 0.717) is 18.7 Å². The molecule has 2 heterocycles. The number of H-pyrrole nitrogens is 1. The maximum Gasteiger partial charge on any atom is 0.293 e. The van der Waals surface area contributed by atoms with E-state index < -0.39 is 0 Å². The lowest BCUT2D eigenvalue weighted by molar-refractivity contribution is -0.129. The molecule has 0 saturated carbocycles. The fourth-order valence-electron chi connectivity index (χ4n) is 3.12. The number of hydroxylamine groups is 1. The molecule has 0 radical (unpaired) electrons. The van der Waals surface area contributed by atoms with Crippen LogP contribution in [0.2, 0.25) is 0 Å². The maximum atomic E-state index is 12.9. The number of nitrogens with zero attached hydrogens (tertiary/aromatic N) is 2. The van der Waals surface area contributed by atoms with Gasteiger partial charge < -0.3 is 9.32 Å². The third-order valence-electron chi connectivity index (χ3n) is 4.62. The van der Waals surface area contributed by atoms with Crippen molar-refractivity contribution in [1.29, 1.82) is 0 Å². The Morgan fingerprint density at radius 1 is 1.14 bits per heavy atom. The van der Waals surface area contributed by atoms with E-state index in [1.54, 1.807) is 28.7 Å². The van der Waals surface area contributed by atoms with Crippen molar-refractivity contribution in [1.82, 2.24) is 15.7 Å². The molecule has 3 N–H and O–H groups in total. The van der Waals surface area contributed by atoms with Crippen LogP contribution < -0.4 is 10.4 Å². The Balaban J connectivity index is 1.59. The first-order valence-corrected chi connectivity index (χ1v) is 9.40. The second-order valence-corrected chi connectivity index (χ2v) is 6.63. The number of rotatable bonds is 10. The van der Waals surface area contributed by atoms with Crippen molar-refractivity contribution >= 4 is 28.4 Å². The standard InChI is InChI=1S/C20H24N4O4/c25-19(23-27)8-4-2-1-3-5-11-24(20(26)18-7-6-12-28-18)16-9-10-17-15(13-16)14-21-22-17/h6-7,9-10,12-14,27H,1-5,8,11H2,(H,21,22)(H,23,25). The van der Waals surface area contributed by atoms with Gasteiger partial charge in [0.25, 0.3) is 5.91 Å². The summed E-state index contributed by atoms with van der Waals surface area (Å²) in [6.07, 6.45) is 7.93. The van der Waals surface area contributed by atoms with E-state index in [0.717, 1.165) is 48.7 Å². The molecule has 0 atom stereocenters. The number of carbonyl (C=O) groups is 2. The molecule has 28 heavy (non-hydrogen) atoms. The smallest absolute Gasteiger partial charge is 0.293 e. The minimum Gasteiger partial charge on any atom is -0.459 e. The highest BCUT2D eigenvalue weighted by molar-refractivity contribution is 6.05. The van der Waals surface area contributed by atoms with Crippen molar-refractivity contribution in [2.24, 2.45) is 0 Å². The molecule has 2 amide bonds. The van der Waals surface area contributed by atoms with E-state index in [9.17, 15) is 9.59 Å². The van der Waals surface area contributed by atoms with Crippen LogP contribution in [0.15, 0.2) is 47.2 Å². The summed E-state index contributed by atoms with van der Waals surface area (Å²) in [4.78, 5) is 25.6. The number of fused-ring (bicyclic) bond motifs is 1. The molecule has 0 fully saturated rings. The van der Waals surface area contributed by atoms with Gasteiger partial charge in [0.15, 0.2) is 5.76 Å². The molecule has 0 aliphatic carbocycles. The van der Waals surface area contributed by atoms with Crippen molar-refractivity contribution < 1.29 is 19.2 Å². The topological polar surface area (TPSA) is 111 Å². The molecule has 3 rings (SSSR count). The molecule has 1 aromatic carbocycles. The van der Waals surface area contributed by atoms with E-state index in [-0.39, 0.29) is 11.8 Å². The van der Waals surface area contributed by atoms with Crippen LogP contribution >= 0.6 is 0 Å². The van der Waals surface area contributed by atoms with E-state index in [1.165, 1.54) is 6.26 Å². The Labute approximate surface area is 162 Å². The van der Waals surface area contributed by atoms with Gasteiger partial charge in [0.1, 0.15) is 0 Å². The summed E-state index contributed by atoms with van der Waals surface area (Å²) >= 11 is 0. The Morgan fingerprint density at radius 2 is 1.96 bits per heavy atom. The van der Waals surface area contributed by atoms with Crippen LogP contribution in [0.3, 0.4) is 0 Å². The quantitative estimate of drug-likeness (QED) is 0.281. The number of hydrogen-bond donors (Lipinski definition) is 3. The average molecular weight is 384 g/mol. The number of hydrogen-bond acceptors (Lipinski definition) is 5. The predicted molar refractivity (Wildman–Crippen MR) is 104 cm³/mol. The first-order valence-electron chi connectivity index (χ1n) is 9.40. The van der Waals surface area contributed by atoms with Gasteiger partial charge in [0, 0.05) is 24.0 Å². The summed E-state index contributed by atoms with van der Waals surface area (Å²) < 4.78 is 5.29. The molecule has 0 bridgehead atoms. The average Bonchev–Trinajstić information content (AvgIpc) is 3.40. The zero-order valence-electron chi connectivity index (χ0n) is 15.6. The number of benzene rings is 1. The van der Waals surface area contributed by atoms with Crippen LogP contribution in [0, 0.1) is 0 Å². The third kappa shape index (κ3) is 4.98. The zero-order chi connectivity index (χ0) is 19.8. The van der Waals surface area contributed by atoms with Crippen LogP contribution in [0.4, 0.5) is 5.69 Å². The second kappa shape index (κ2) is 9.70. The molecule has 0 aliphatic heterocycles.